The molecule has 0 spiro atoms. The highest BCUT2D eigenvalue weighted by atomic mass is 35.5. The van der Waals surface area contributed by atoms with Gasteiger partial charge in [0, 0.05) is 19.1 Å². The molecule has 2 aromatic rings. The molecular weight excluding hydrogens is 397 g/mol. The zero-order valence-corrected chi connectivity index (χ0v) is 17.5. The summed E-state index contributed by atoms with van der Waals surface area (Å²) < 4.78 is 16.3. The van der Waals surface area contributed by atoms with E-state index in [1.807, 2.05) is 11.8 Å². The fraction of sp³-hybridized carbons (Fsp3) is 0.524. The Kier molecular flexibility index (Phi) is 5.92. The first-order chi connectivity index (χ1) is 13.3. The number of pyridine rings is 2. The molecule has 2 fully saturated rings. The van der Waals surface area contributed by atoms with Crippen LogP contribution in [0.5, 0.6) is 0 Å². The Labute approximate surface area is 174 Å². The molecule has 3 heterocycles. The maximum absolute atomic E-state index is 15.1. The Hall–Kier alpha value is -2.12. The average Bonchev–Trinajstić information content (AvgIpc) is 3.39. The van der Waals surface area contributed by atoms with E-state index in [0.29, 0.717) is 29.2 Å². The number of hydrogen-bond acceptors (Lipinski definition) is 4. The summed E-state index contributed by atoms with van der Waals surface area (Å²) in [5.74, 6) is -1.23. The molecule has 2 aromatic heterocycles. The number of halogens is 2. The third kappa shape index (κ3) is 3.62. The standard InChI is InChI=1S/C21H26FN3O3.ClH/c1-3-17(23)13-6-7-24(9-13)19-11(2)18-14(12-4-5-12)8-15(21(27)28)20(26)25(18)10-16(19)22;/h8,10,12-13,17H,3-7,9,23H2,1-2H3,(H,27,28);1H/t13-,17+;/m1./s1. The van der Waals surface area contributed by atoms with Crippen molar-refractivity contribution in [2.75, 3.05) is 18.0 Å². The minimum absolute atomic E-state index is 0. The van der Waals surface area contributed by atoms with E-state index < -0.39 is 17.3 Å². The van der Waals surface area contributed by atoms with Gasteiger partial charge in [-0.25, -0.2) is 9.18 Å². The number of carboxylic acids is 1. The highest BCUT2D eigenvalue weighted by Gasteiger charge is 2.33. The van der Waals surface area contributed by atoms with Gasteiger partial charge >= 0.3 is 5.97 Å². The SMILES string of the molecule is CC[C@H](N)[C@@H]1CCN(c2c(F)cn3c(=O)c(C(=O)O)cc(C4CC4)c3c2C)C1.Cl. The molecule has 29 heavy (non-hydrogen) atoms. The number of aromatic nitrogens is 1. The Morgan fingerprint density at radius 2 is 2.07 bits per heavy atom. The summed E-state index contributed by atoms with van der Waals surface area (Å²) in [6, 6.07) is 1.59. The van der Waals surface area contributed by atoms with E-state index >= 15 is 4.39 Å². The molecule has 3 N–H and O–H groups in total. The molecule has 0 bridgehead atoms. The highest BCUT2D eigenvalue weighted by Crippen LogP contribution is 2.44. The first kappa shape index (κ1) is 21.6. The number of rotatable bonds is 5. The predicted octanol–water partition coefficient (Wildman–Crippen LogP) is 3.31. The van der Waals surface area contributed by atoms with Crippen LogP contribution in [0, 0.1) is 18.7 Å². The summed E-state index contributed by atoms with van der Waals surface area (Å²) in [5, 5.41) is 9.39. The van der Waals surface area contributed by atoms with Crippen LogP contribution in [0.2, 0.25) is 0 Å². The second kappa shape index (κ2) is 7.95. The molecule has 6 nitrogen and oxygen atoms in total. The van der Waals surface area contributed by atoms with E-state index in [1.54, 1.807) is 0 Å². The molecule has 1 aliphatic heterocycles. The van der Waals surface area contributed by atoms with Gasteiger partial charge in [-0.15, -0.1) is 12.4 Å². The fourth-order valence-corrected chi connectivity index (χ4v) is 4.56. The molecule has 0 aromatic carbocycles. The molecule has 4 rings (SSSR count). The van der Waals surface area contributed by atoms with Crippen LogP contribution in [0.4, 0.5) is 10.1 Å². The predicted molar refractivity (Wildman–Crippen MR) is 113 cm³/mol. The van der Waals surface area contributed by atoms with Crippen molar-refractivity contribution in [1.82, 2.24) is 4.40 Å². The van der Waals surface area contributed by atoms with Gasteiger partial charge in [-0.3, -0.25) is 9.20 Å². The quantitative estimate of drug-likeness (QED) is 0.770. The van der Waals surface area contributed by atoms with Crippen LogP contribution >= 0.6 is 12.4 Å². The topological polar surface area (TPSA) is 88.0 Å². The Morgan fingerprint density at radius 3 is 2.66 bits per heavy atom. The minimum atomic E-state index is -1.28. The van der Waals surface area contributed by atoms with Gasteiger partial charge in [0.25, 0.3) is 5.56 Å². The first-order valence-corrected chi connectivity index (χ1v) is 9.95. The maximum Gasteiger partial charge on any atom is 0.341 e. The van der Waals surface area contributed by atoms with Crippen LogP contribution < -0.4 is 16.2 Å². The van der Waals surface area contributed by atoms with Crippen molar-refractivity contribution in [3.8, 4) is 0 Å². The summed E-state index contributed by atoms with van der Waals surface area (Å²) in [4.78, 5) is 26.2. The fourth-order valence-electron chi connectivity index (χ4n) is 4.56. The van der Waals surface area contributed by atoms with Crippen molar-refractivity contribution in [2.24, 2.45) is 11.7 Å². The number of nitrogens with zero attached hydrogens (tertiary/aromatic N) is 2. The van der Waals surface area contributed by atoms with Gasteiger partial charge in [-0.2, -0.15) is 0 Å². The van der Waals surface area contributed by atoms with E-state index in [-0.39, 0.29) is 29.9 Å². The molecule has 1 saturated heterocycles. The number of fused-ring (bicyclic) bond motifs is 1. The zero-order valence-electron chi connectivity index (χ0n) is 16.7. The summed E-state index contributed by atoms with van der Waals surface area (Å²) in [5.41, 5.74) is 7.89. The smallest absolute Gasteiger partial charge is 0.341 e. The molecule has 2 atom stereocenters. The van der Waals surface area contributed by atoms with E-state index in [9.17, 15) is 14.7 Å². The minimum Gasteiger partial charge on any atom is -0.477 e. The number of carboxylic acid groups (broad SMARTS) is 1. The molecule has 8 heteroatoms. The van der Waals surface area contributed by atoms with Crippen molar-refractivity contribution in [2.45, 2.75) is 51.5 Å². The average molecular weight is 424 g/mol. The van der Waals surface area contributed by atoms with Gasteiger partial charge in [0.15, 0.2) is 5.82 Å². The van der Waals surface area contributed by atoms with Crippen LogP contribution in [0.25, 0.3) is 5.52 Å². The van der Waals surface area contributed by atoms with Crippen molar-refractivity contribution >= 4 is 29.6 Å². The summed E-state index contributed by atoms with van der Waals surface area (Å²) in [6.45, 7) is 5.30. The number of carbonyl (C=O) groups is 1. The van der Waals surface area contributed by atoms with Gasteiger partial charge in [-0.1, -0.05) is 6.92 Å². The van der Waals surface area contributed by atoms with Crippen LogP contribution in [0.15, 0.2) is 17.1 Å². The van der Waals surface area contributed by atoms with Gasteiger partial charge in [0.2, 0.25) is 0 Å². The maximum atomic E-state index is 15.1. The third-order valence-corrected chi connectivity index (χ3v) is 6.31. The Morgan fingerprint density at radius 1 is 1.38 bits per heavy atom. The third-order valence-electron chi connectivity index (χ3n) is 6.31. The lowest BCUT2D eigenvalue weighted by atomic mass is 9.98. The number of hydrogen-bond donors (Lipinski definition) is 2. The largest absolute Gasteiger partial charge is 0.477 e. The van der Waals surface area contributed by atoms with E-state index in [2.05, 4.69) is 6.92 Å². The van der Waals surface area contributed by atoms with Crippen molar-refractivity contribution in [3.63, 3.8) is 0 Å². The monoisotopic (exact) mass is 423 g/mol. The molecule has 0 amide bonds. The lowest BCUT2D eigenvalue weighted by molar-refractivity contribution is 0.0694. The van der Waals surface area contributed by atoms with Crippen LogP contribution in [0.1, 0.15) is 60.0 Å². The first-order valence-electron chi connectivity index (χ1n) is 9.95. The molecular formula is C21H27ClFN3O3. The molecule has 158 valence electrons. The lowest BCUT2D eigenvalue weighted by Gasteiger charge is -2.25. The summed E-state index contributed by atoms with van der Waals surface area (Å²) in [7, 11) is 0. The normalized spacial score (nSPS) is 20.0. The molecule has 1 saturated carbocycles. The Balaban J connectivity index is 0.00000240. The van der Waals surface area contributed by atoms with E-state index in [1.165, 1.54) is 10.5 Å². The Bertz CT molecular complexity index is 1020. The lowest BCUT2D eigenvalue weighted by Crippen LogP contribution is -2.32. The van der Waals surface area contributed by atoms with Crippen LogP contribution in [-0.4, -0.2) is 34.6 Å². The summed E-state index contributed by atoms with van der Waals surface area (Å²) >= 11 is 0. The van der Waals surface area contributed by atoms with Crippen LogP contribution in [0.3, 0.4) is 0 Å². The van der Waals surface area contributed by atoms with Crippen molar-refractivity contribution in [3.05, 3.63) is 45.1 Å². The van der Waals surface area contributed by atoms with Gasteiger partial charge in [0.1, 0.15) is 5.56 Å². The molecule has 0 radical (unpaired) electrons. The zero-order chi connectivity index (χ0) is 20.2. The second-order valence-electron chi connectivity index (χ2n) is 8.13. The van der Waals surface area contributed by atoms with Gasteiger partial charge in [-0.05, 0) is 61.6 Å². The molecule has 1 aliphatic carbocycles. The highest BCUT2D eigenvalue weighted by molar-refractivity contribution is 5.89. The van der Waals surface area contributed by atoms with Gasteiger partial charge < -0.3 is 15.7 Å². The van der Waals surface area contributed by atoms with E-state index in [0.717, 1.165) is 44.0 Å². The molecule has 0 unspecified atom stereocenters. The number of aryl methyl sites for hydroxylation is 1. The second-order valence-corrected chi connectivity index (χ2v) is 8.13. The van der Waals surface area contributed by atoms with Crippen LogP contribution in [-0.2, 0) is 0 Å². The van der Waals surface area contributed by atoms with Gasteiger partial charge in [0.05, 0.1) is 17.4 Å². The summed E-state index contributed by atoms with van der Waals surface area (Å²) in [6.07, 6.45) is 4.87. The number of aromatic carboxylic acids is 1. The van der Waals surface area contributed by atoms with E-state index in [4.69, 9.17) is 5.73 Å². The number of nitrogens with two attached hydrogens (primary N) is 1. The number of anilines is 1. The van der Waals surface area contributed by atoms with Crippen molar-refractivity contribution in [1.29, 1.82) is 0 Å². The van der Waals surface area contributed by atoms with Crippen molar-refractivity contribution < 1.29 is 14.3 Å². The molecule has 2 aliphatic rings.